The Morgan fingerprint density at radius 2 is 2.05 bits per heavy atom. The maximum absolute atomic E-state index is 8.81. The molecule has 0 aliphatic rings. The first-order valence-corrected chi connectivity index (χ1v) is 5.93. The van der Waals surface area contributed by atoms with E-state index in [9.17, 15) is 0 Å². The topological polar surface area (TPSA) is 94.0 Å². The van der Waals surface area contributed by atoms with Crippen molar-refractivity contribution in [3.05, 3.63) is 28.9 Å². The highest BCUT2D eigenvalue weighted by molar-refractivity contribution is 6.32. The van der Waals surface area contributed by atoms with Gasteiger partial charge in [-0.2, -0.15) is 5.26 Å². The second-order valence-corrected chi connectivity index (χ2v) is 4.21. The van der Waals surface area contributed by atoms with Crippen LogP contribution in [0.5, 0.6) is 11.5 Å². The molecular formula is C13H11ClN4O2. The number of anilines is 1. The van der Waals surface area contributed by atoms with Gasteiger partial charge in [0, 0.05) is 5.56 Å². The van der Waals surface area contributed by atoms with Crippen LogP contribution in [0.2, 0.25) is 5.02 Å². The Bertz CT molecular complexity index is 698. The SMILES string of the molecule is COc1cc(-c2ncc(C#N)c(N)n2)cc(Cl)c1OC. The zero-order valence-electron chi connectivity index (χ0n) is 10.8. The minimum atomic E-state index is 0.114. The zero-order chi connectivity index (χ0) is 14.7. The number of rotatable bonds is 3. The van der Waals surface area contributed by atoms with E-state index in [1.54, 1.807) is 12.1 Å². The summed E-state index contributed by atoms with van der Waals surface area (Å²) in [5.74, 6) is 1.36. The summed E-state index contributed by atoms with van der Waals surface area (Å²) in [6.07, 6.45) is 1.36. The molecule has 0 atom stereocenters. The predicted octanol–water partition coefficient (Wildman–Crippen LogP) is 2.27. The van der Waals surface area contributed by atoms with Crippen molar-refractivity contribution in [2.75, 3.05) is 20.0 Å². The number of nitriles is 1. The summed E-state index contributed by atoms with van der Waals surface area (Å²) in [5.41, 5.74) is 6.51. The van der Waals surface area contributed by atoms with Crippen LogP contribution in [-0.4, -0.2) is 24.2 Å². The van der Waals surface area contributed by atoms with Gasteiger partial charge < -0.3 is 15.2 Å². The molecule has 0 fully saturated rings. The van der Waals surface area contributed by atoms with Gasteiger partial charge >= 0.3 is 0 Å². The third kappa shape index (κ3) is 2.44. The van der Waals surface area contributed by atoms with Gasteiger partial charge in [-0.25, -0.2) is 9.97 Å². The van der Waals surface area contributed by atoms with Gasteiger partial charge in [-0.1, -0.05) is 11.6 Å². The number of halogens is 1. The van der Waals surface area contributed by atoms with Crippen LogP contribution < -0.4 is 15.2 Å². The summed E-state index contributed by atoms with van der Waals surface area (Å²) >= 11 is 6.12. The van der Waals surface area contributed by atoms with E-state index >= 15 is 0 Å². The molecule has 2 rings (SSSR count). The predicted molar refractivity (Wildman–Crippen MR) is 74.7 cm³/mol. The van der Waals surface area contributed by atoms with Gasteiger partial charge in [0.1, 0.15) is 17.5 Å². The second kappa shape index (κ2) is 5.63. The highest BCUT2D eigenvalue weighted by Gasteiger charge is 2.14. The number of ether oxygens (including phenoxy) is 2. The summed E-state index contributed by atoms with van der Waals surface area (Å²) in [7, 11) is 3.01. The largest absolute Gasteiger partial charge is 0.493 e. The van der Waals surface area contributed by atoms with Crippen LogP contribution in [-0.2, 0) is 0 Å². The normalized spacial score (nSPS) is 9.90. The molecule has 0 aliphatic heterocycles. The zero-order valence-corrected chi connectivity index (χ0v) is 11.6. The minimum absolute atomic E-state index is 0.114. The molecule has 0 bridgehead atoms. The average molecular weight is 291 g/mol. The minimum Gasteiger partial charge on any atom is -0.493 e. The molecule has 1 aromatic carbocycles. The highest BCUT2D eigenvalue weighted by atomic mass is 35.5. The molecule has 0 unspecified atom stereocenters. The van der Waals surface area contributed by atoms with Gasteiger partial charge in [0.25, 0.3) is 0 Å². The Hall–Kier alpha value is -2.52. The molecule has 6 nitrogen and oxygen atoms in total. The van der Waals surface area contributed by atoms with E-state index in [2.05, 4.69) is 9.97 Å². The lowest BCUT2D eigenvalue weighted by Crippen LogP contribution is -2.00. The maximum atomic E-state index is 8.81. The van der Waals surface area contributed by atoms with Gasteiger partial charge in [0.2, 0.25) is 0 Å². The summed E-state index contributed by atoms with van der Waals surface area (Å²) in [4.78, 5) is 8.16. The molecule has 0 saturated heterocycles. The number of hydrogen-bond donors (Lipinski definition) is 1. The summed E-state index contributed by atoms with van der Waals surface area (Å²) in [5, 5.41) is 9.18. The Morgan fingerprint density at radius 1 is 1.30 bits per heavy atom. The molecular weight excluding hydrogens is 280 g/mol. The fourth-order valence-corrected chi connectivity index (χ4v) is 1.96. The molecule has 2 aromatic rings. The number of benzene rings is 1. The van der Waals surface area contributed by atoms with Crippen LogP contribution in [0.4, 0.5) is 5.82 Å². The van der Waals surface area contributed by atoms with Crippen molar-refractivity contribution in [2.24, 2.45) is 0 Å². The van der Waals surface area contributed by atoms with Crippen molar-refractivity contribution in [2.45, 2.75) is 0 Å². The van der Waals surface area contributed by atoms with Crippen LogP contribution in [0.3, 0.4) is 0 Å². The van der Waals surface area contributed by atoms with Crippen LogP contribution in [0.25, 0.3) is 11.4 Å². The maximum Gasteiger partial charge on any atom is 0.179 e. The van der Waals surface area contributed by atoms with Crippen LogP contribution in [0.1, 0.15) is 5.56 Å². The number of nitrogens with zero attached hydrogens (tertiary/aromatic N) is 3. The molecule has 0 aliphatic carbocycles. The van der Waals surface area contributed by atoms with E-state index in [0.717, 1.165) is 0 Å². The van der Waals surface area contributed by atoms with Crippen molar-refractivity contribution in [1.82, 2.24) is 9.97 Å². The van der Waals surface area contributed by atoms with Crippen molar-refractivity contribution in [3.63, 3.8) is 0 Å². The van der Waals surface area contributed by atoms with Crippen LogP contribution in [0.15, 0.2) is 18.3 Å². The van der Waals surface area contributed by atoms with Crippen molar-refractivity contribution < 1.29 is 9.47 Å². The first-order valence-electron chi connectivity index (χ1n) is 5.55. The summed E-state index contributed by atoms with van der Waals surface area (Å²) in [6, 6.07) is 5.23. The number of aromatic nitrogens is 2. The Morgan fingerprint density at radius 3 is 2.60 bits per heavy atom. The lowest BCUT2D eigenvalue weighted by molar-refractivity contribution is 0.355. The lowest BCUT2D eigenvalue weighted by Gasteiger charge is -2.11. The Kier molecular flexibility index (Phi) is 3.91. The van der Waals surface area contributed by atoms with Crippen molar-refractivity contribution in [3.8, 4) is 29.0 Å². The monoisotopic (exact) mass is 290 g/mol. The van der Waals surface area contributed by atoms with E-state index < -0.39 is 0 Å². The number of methoxy groups -OCH3 is 2. The van der Waals surface area contributed by atoms with E-state index in [4.69, 9.17) is 32.1 Å². The summed E-state index contributed by atoms with van der Waals surface area (Å²) < 4.78 is 10.4. The number of nitrogen functional groups attached to an aromatic ring is 1. The molecule has 20 heavy (non-hydrogen) atoms. The molecule has 7 heteroatoms. The van der Waals surface area contributed by atoms with Crippen LogP contribution in [0, 0.1) is 11.3 Å². The third-order valence-corrected chi connectivity index (χ3v) is 2.91. The second-order valence-electron chi connectivity index (χ2n) is 3.80. The van der Waals surface area contributed by atoms with E-state index in [1.165, 1.54) is 20.4 Å². The molecule has 2 N–H and O–H groups in total. The molecule has 0 spiro atoms. The quantitative estimate of drug-likeness (QED) is 0.932. The van der Waals surface area contributed by atoms with Gasteiger partial charge in [-0.05, 0) is 12.1 Å². The van der Waals surface area contributed by atoms with Gasteiger partial charge in [-0.15, -0.1) is 0 Å². The van der Waals surface area contributed by atoms with E-state index in [-0.39, 0.29) is 11.4 Å². The molecule has 0 saturated carbocycles. The van der Waals surface area contributed by atoms with Gasteiger partial charge in [-0.3, -0.25) is 0 Å². The summed E-state index contributed by atoms with van der Waals surface area (Å²) in [6.45, 7) is 0. The Labute approximate surface area is 120 Å². The van der Waals surface area contributed by atoms with Gasteiger partial charge in [0.05, 0.1) is 25.4 Å². The highest BCUT2D eigenvalue weighted by Crippen LogP contribution is 2.38. The smallest absolute Gasteiger partial charge is 0.179 e. The average Bonchev–Trinajstić information content (AvgIpc) is 2.46. The first-order chi connectivity index (χ1) is 9.60. The van der Waals surface area contributed by atoms with Crippen molar-refractivity contribution >= 4 is 17.4 Å². The first kappa shape index (κ1) is 13.9. The fraction of sp³-hybridized carbons (Fsp3) is 0.154. The van der Waals surface area contributed by atoms with E-state index in [0.29, 0.717) is 27.9 Å². The molecule has 102 valence electrons. The van der Waals surface area contributed by atoms with Crippen molar-refractivity contribution in [1.29, 1.82) is 5.26 Å². The number of nitrogens with two attached hydrogens (primary N) is 1. The standard InChI is InChI=1S/C13H11ClN4O2/c1-19-10-4-7(3-9(14)11(10)20-2)13-17-6-8(5-15)12(16)18-13/h3-4,6H,1-2H3,(H2,16,17,18). The Balaban J connectivity index is 2.56. The lowest BCUT2D eigenvalue weighted by atomic mass is 10.1. The molecule has 1 heterocycles. The van der Waals surface area contributed by atoms with E-state index in [1.807, 2.05) is 6.07 Å². The molecule has 0 radical (unpaired) electrons. The van der Waals surface area contributed by atoms with Gasteiger partial charge in [0.15, 0.2) is 17.3 Å². The fourth-order valence-electron chi connectivity index (χ4n) is 1.67. The third-order valence-electron chi connectivity index (χ3n) is 2.63. The number of hydrogen-bond acceptors (Lipinski definition) is 6. The molecule has 0 amide bonds. The molecule has 1 aromatic heterocycles. The van der Waals surface area contributed by atoms with Crippen LogP contribution >= 0.6 is 11.6 Å².